The second-order valence-corrected chi connectivity index (χ2v) is 5.78. The lowest BCUT2D eigenvalue weighted by atomic mass is 10.2. The molecular formula is C16H24BrNO2. The van der Waals surface area contributed by atoms with Crippen molar-refractivity contribution >= 4 is 22.0 Å². The second-order valence-electron chi connectivity index (χ2n) is 4.92. The maximum absolute atomic E-state index is 5.60. The molecule has 0 radical (unpaired) electrons. The average molecular weight is 342 g/mol. The van der Waals surface area contributed by atoms with Gasteiger partial charge in [0.05, 0.1) is 18.2 Å². The van der Waals surface area contributed by atoms with Gasteiger partial charge in [0.25, 0.3) is 0 Å². The van der Waals surface area contributed by atoms with Crippen molar-refractivity contribution in [2.24, 2.45) is 5.92 Å². The second kappa shape index (κ2) is 9.03. The van der Waals surface area contributed by atoms with Gasteiger partial charge in [-0.3, -0.25) is 0 Å². The average Bonchev–Trinajstić information content (AvgIpc) is 2.38. The Labute approximate surface area is 130 Å². The normalized spacial score (nSPS) is 11.3. The highest BCUT2D eigenvalue weighted by molar-refractivity contribution is 9.10. The van der Waals surface area contributed by atoms with E-state index in [9.17, 15) is 0 Å². The topological polar surface area (TPSA) is 30.5 Å². The zero-order chi connectivity index (χ0) is 15.0. The predicted molar refractivity (Wildman–Crippen MR) is 88.6 cm³/mol. The number of rotatable bonds is 8. The molecule has 1 aromatic rings. The van der Waals surface area contributed by atoms with E-state index < -0.39 is 0 Å². The standard InChI is InChI=1S/C16H24BrNO2/c1-5-20-15-10-13(9-14(17)16(15)19-4)7-6-8-18-11-12(2)3/h6-7,9-10,12,18H,5,8,11H2,1-4H3. The summed E-state index contributed by atoms with van der Waals surface area (Å²) in [7, 11) is 1.65. The van der Waals surface area contributed by atoms with E-state index in [1.54, 1.807) is 7.11 Å². The summed E-state index contributed by atoms with van der Waals surface area (Å²) in [6.45, 7) is 8.88. The Balaban J connectivity index is 2.73. The van der Waals surface area contributed by atoms with Crippen LogP contribution in [0, 0.1) is 5.92 Å². The van der Waals surface area contributed by atoms with E-state index >= 15 is 0 Å². The summed E-state index contributed by atoms with van der Waals surface area (Å²) in [4.78, 5) is 0. The molecule has 0 spiro atoms. The van der Waals surface area contributed by atoms with Gasteiger partial charge in [0.2, 0.25) is 0 Å². The lowest BCUT2D eigenvalue weighted by molar-refractivity contribution is 0.310. The minimum absolute atomic E-state index is 0.617. The number of hydrogen-bond acceptors (Lipinski definition) is 3. The molecule has 20 heavy (non-hydrogen) atoms. The van der Waals surface area contributed by atoms with Gasteiger partial charge < -0.3 is 14.8 Å². The van der Waals surface area contributed by atoms with Crippen LogP contribution in [-0.2, 0) is 0 Å². The van der Waals surface area contributed by atoms with Crippen molar-refractivity contribution in [3.05, 3.63) is 28.2 Å². The van der Waals surface area contributed by atoms with Gasteiger partial charge in [0.15, 0.2) is 11.5 Å². The maximum Gasteiger partial charge on any atom is 0.174 e. The van der Waals surface area contributed by atoms with Crippen LogP contribution < -0.4 is 14.8 Å². The highest BCUT2D eigenvalue weighted by atomic mass is 79.9. The third-order valence-electron chi connectivity index (χ3n) is 2.66. The van der Waals surface area contributed by atoms with Crippen molar-refractivity contribution in [1.29, 1.82) is 0 Å². The number of hydrogen-bond donors (Lipinski definition) is 1. The zero-order valence-corrected chi connectivity index (χ0v) is 14.3. The molecule has 0 aliphatic heterocycles. The quantitative estimate of drug-likeness (QED) is 0.721. The maximum atomic E-state index is 5.60. The van der Waals surface area contributed by atoms with E-state index in [0.29, 0.717) is 12.5 Å². The molecular weight excluding hydrogens is 318 g/mol. The molecule has 0 saturated heterocycles. The van der Waals surface area contributed by atoms with Crippen LogP contribution >= 0.6 is 15.9 Å². The summed E-state index contributed by atoms with van der Waals surface area (Å²) in [6, 6.07) is 4.02. The van der Waals surface area contributed by atoms with E-state index in [4.69, 9.17) is 9.47 Å². The third kappa shape index (κ3) is 5.55. The van der Waals surface area contributed by atoms with Crippen LogP contribution in [0.1, 0.15) is 26.3 Å². The van der Waals surface area contributed by atoms with Crippen LogP contribution in [0.25, 0.3) is 6.08 Å². The molecule has 0 aliphatic rings. The number of halogens is 1. The Kier molecular flexibility index (Phi) is 7.70. The number of ether oxygens (including phenoxy) is 2. The number of methoxy groups -OCH3 is 1. The zero-order valence-electron chi connectivity index (χ0n) is 12.7. The largest absolute Gasteiger partial charge is 0.492 e. The molecule has 0 atom stereocenters. The Morgan fingerprint density at radius 2 is 2.10 bits per heavy atom. The molecule has 1 rings (SSSR count). The summed E-state index contributed by atoms with van der Waals surface area (Å²) in [6.07, 6.45) is 4.20. The first-order chi connectivity index (χ1) is 9.58. The molecule has 0 heterocycles. The Morgan fingerprint density at radius 3 is 2.70 bits per heavy atom. The first-order valence-corrected chi connectivity index (χ1v) is 7.75. The van der Waals surface area contributed by atoms with E-state index in [0.717, 1.165) is 34.6 Å². The summed E-state index contributed by atoms with van der Waals surface area (Å²) in [5, 5.41) is 3.38. The molecule has 0 fully saturated rings. The fourth-order valence-electron chi connectivity index (χ4n) is 1.80. The van der Waals surface area contributed by atoms with Crippen molar-refractivity contribution in [1.82, 2.24) is 5.32 Å². The Hall–Kier alpha value is -1.00. The molecule has 0 aliphatic carbocycles. The molecule has 0 unspecified atom stereocenters. The van der Waals surface area contributed by atoms with E-state index in [2.05, 4.69) is 47.2 Å². The smallest absolute Gasteiger partial charge is 0.174 e. The summed E-state index contributed by atoms with van der Waals surface area (Å²) < 4.78 is 11.9. The first kappa shape index (κ1) is 17.1. The van der Waals surface area contributed by atoms with Gasteiger partial charge in [-0.05, 0) is 53.0 Å². The molecule has 0 aromatic heterocycles. The van der Waals surface area contributed by atoms with Crippen LogP contribution in [0.5, 0.6) is 11.5 Å². The lowest BCUT2D eigenvalue weighted by Gasteiger charge is -2.12. The predicted octanol–water partition coefficient (Wildman–Crippen LogP) is 4.12. The minimum atomic E-state index is 0.617. The molecule has 0 amide bonds. The number of benzene rings is 1. The Morgan fingerprint density at radius 1 is 1.35 bits per heavy atom. The first-order valence-electron chi connectivity index (χ1n) is 6.96. The van der Waals surface area contributed by atoms with Crippen LogP contribution in [0.4, 0.5) is 0 Å². The monoisotopic (exact) mass is 341 g/mol. The third-order valence-corrected chi connectivity index (χ3v) is 3.25. The molecule has 112 valence electrons. The molecule has 4 heteroatoms. The van der Waals surface area contributed by atoms with Crippen molar-refractivity contribution in [3.63, 3.8) is 0 Å². The summed E-state index contributed by atoms with van der Waals surface area (Å²) >= 11 is 3.52. The molecule has 1 N–H and O–H groups in total. The van der Waals surface area contributed by atoms with E-state index in [1.807, 2.05) is 19.1 Å². The number of nitrogens with one attached hydrogen (secondary N) is 1. The lowest BCUT2D eigenvalue weighted by Crippen LogP contribution is -2.19. The van der Waals surface area contributed by atoms with Crippen LogP contribution in [0.15, 0.2) is 22.7 Å². The van der Waals surface area contributed by atoms with Crippen LogP contribution in [-0.4, -0.2) is 26.8 Å². The highest BCUT2D eigenvalue weighted by Gasteiger charge is 2.09. The van der Waals surface area contributed by atoms with Crippen LogP contribution in [0.3, 0.4) is 0 Å². The minimum Gasteiger partial charge on any atom is -0.492 e. The van der Waals surface area contributed by atoms with Gasteiger partial charge >= 0.3 is 0 Å². The van der Waals surface area contributed by atoms with Gasteiger partial charge in [0, 0.05) is 6.54 Å². The van der Waals surface area contributed by atoms with Crippen molar-refractivity contribution in [2.45, 2.75) is 20.8 Å². The van der Waals surface area contributed by atoms with Gasteiger partial charge in [-0.1, -0.05) is 26.0 Å². The van der Waals surface area contributed by atoms with E-state index in [-0.39, 0.29) is 0 Å². The fourth-order valence-corrected chi connectivity index (χ4v) is 2.42. The molecule has 0 saturated carbocycles. The van der Waals surface area contributed by atoms with Crippen LogP contribution in [0.2, 0.25) is 0 Å². The van der Waals surface area contributed by atoms with Gasteiger partial charge in [-0.15, -0.1) is 0 Å². The van der Waals surface area contributed by atoms with Crippen molar-refractivity contribution in [2.75, 3.05) is 26.8 Å². The van der Waals surface area contributed by atoms with Gasteiger partial charge in [0.1, 0.15) is 0 Å². The molecule has 0 bridgehead atoms. The highest BCUT2D eigenvalue weighted by Crippen LogP contribution is 2.36. The van der Waals surface area contributed by atoms with Crippen molar-refractivity contribution < 1.29 is 9.47 Å². The van der Waals surface area contributed by atoms with Crippen molar-refractivity contribution in [3.8, 4) is 11.5 Å². The van der Waals surface area contributed by atoms with Gasteiger partial charge in [-0.2, -0.15) is 0 Å². The molecule has 3 nitrogen and oxygen atoms in total. The fraction of sp³-hybridized carbons (Fsp3) is 0.500. The molecule has 1 aromatic carbocycles. The van der Waals surface area contributed by atoms with E-state index in [1.165, 1.54) is 0 Å². The Bertz CT molecular complexity index is 444. The SMILES string of the molecule is CCOc1cc(C=CCNCC(C)C)cc(Br)c1OC. The summed E-state index contributed by atoms with van der Waals surface area (Å²) in [5.41, 5.74) is 1.09. The van der Waals surface area contributed by atoms with Gasteiger partial charge in [-0.25, -0.2) is 0 Å². The summed E-state index contributed by atoms with van der Waals surface area (Å²) in [5.74, 6) is 2.17.